The Morgan fingerprint density at radius 1 is 1.35 bits per heavy atom. The molecular formula is C16H20N4O3. The summed E-state index contributed by atoms with van der Waals surface area (Å²) in [6.45, 7) is 2.70. The molecule has 0 unspecified atom stereocenters. The average Bonchev–Trinajstić information content (AvgIpc) is 2.79. The van der Waals surface area contributed by atoms with Crippen molar-refractivity contribution in [1.82, 2.24) is 14.7 Å². The minimum absolute atomic E-state index is 0.0750. The van der Waals surface area contributed by atoms with E-state index < -0.39 is 5.97 Å². The van der Waals surface area contributed by atoms with Crippen molar-refractivity contribution in [3.05, 3.63) is 47.3 Å². The van der Waals surface area contributed by atoms with Gasteiger partial charge in [0, 0.05) is 13.6 Å². The van der Waals surface area contributed by atoms with Gasteiger partial charge >= 0.3 is 5.97 Å². The standard InChI is InChI=1S/C16H20N4O3/c1-11-8-17-20(3)14(11)9-19(2)10-15(21)18-13-7-5-4-6-12(13)16(22)23/h4-8H,9-10H2,1-3H3,(H,18,21)(H,22,23). The highest BCUT2D eigenvalue weighted by Gasteiger charge is 2.14. The number of hydrogen-bond acceptors (Lipinski definition) is 4. The van der Waals surface area contributed by atoms with Gasteiger partial charge in [0.25, 0.3) is 0 Å². The first kappa shape index (κ1) is 16.7. The first-order valence-electron chi connectivity index (χ1n) is 7.16. The maximum absolute atomic E-state index is 12.1. The molecule has 2 rings (SSSR count). The third-order valence-corrected chi connectivity index (χ3v) is 3.54. The van der Waals surface area contributed by atoms with Crippen molar-refractivity contribution in [2.24, 2.45) is 7.05 Å². The van der Waals surface area contributed by atoms with Crippen molar-refractivity contribution in [2.45, 2.75) is 13.5 Å². The van der Waals surface area contributed by atoms with E-state index in [0.717, 1.165) is 11.3 Å². The van der Waals surface area contributed by atoms with E-state index in [1.54, 1.807) is 29.1 Å². The fourth-order valence-corrected chi connectivity index (χ4v) is 2.32. The van der Waals surface area contributed by atoms with E-state index in [0.29, 0.717) is 12.2 Å². The Kier molecular flexibility index (Phi) is 5.13. The molecule has 1 amide bonds. The highest BCUT2D eigenvalue weighted by atomic mass is 16.4. The molecule has 7 heteroatoms. The Morgan fingerprint density at radius 2 is 2.04 bits per heavy atom. The van der Waals surface area contributed by atoms with Crippen LogP contribution in [0.1, 0.15) is 21.6 Å². The van der Waals surface area contributed by atoms with Crippen LogP contribution in [0.4, 0.5) is 5.69 Å². The predicted octanol–water partition coefficient (Wildman–Crippen LogP) is 1.50. The van der Waals surface area contributed by atoms with Crippen molar-refractivity contribution >= 4 is 17.6 Å². The number of carbonyl (C=O) groups is 2. The number of para-hydroxylation sites is 1. The molecular weight excluding hydrogens is 296 g/mol. The maximum Gasteiger partial charge on any atom is 0.337 e. The van der Waals surface area contributed by atoms with Crippen molar-refractivity contribution in [3.8, 4) is 0 Å². The van der Waals surface area contributed by atoms with Gasteiger partial charge in [-0.25, -0.2) is 4.79 Å². The maximum atomic E-state index is 12.1. The van der Waals surface area contributed by atoms with Gasteiger partial charge in [-0.2, -0.15) is 5.10 Å². The summed E-state index contributed by atoms with van der Waals surface area (Å²) < 4.78 is 1.78. The number of benzene rings is 1. The van der Waals surface area contributed by atoms with Gasteiger partial charge in [-0.05, 0) is 31.7 Å². The van der Waals surface area contributed by atoms with Crippen LogP contribution in [-0.4, -0.2) is 45.3 Å². The van der Waals surface area contributed by atoms with E-state index in [4.69, 9.17) is 5.11 Å². The molecule has 0 atom stereocenters. The molecule has 1 aromatic heterocycles. The van der Waals surface area contributed by atoms with Gasteiger partial charge in [-0.1, -0.05) is 12.1 Å². The summed E-state index contributed by atoms with van der Waals surface area (Å²) in [7, 11) is 3.69. The summed E-state index contributed by atoms with van der Waals surface area (Å²) >= 11 is 0. The van der Waals surface area contributed by atoms with Crippen LogP contribution in [-0.2, 0) is 18.4 Å². The van der Waals surface area contributed by atoms with Gasteiger partial charge in [-0.3, -0.25) is 14.4 Å². The summed E-state index contributed by atoms with van der Waals surface area (Å²) in [5.41, 5.74) is 2.48. The van der Waals surface area contributed by atoms with Crippen LogP contribution in [0.3, 0.4) is 0 Å². The average molecular weight is 316 g/mol. The zero-order valence-corrected chi connectivity index (χ0v) is 13.4. The van der Waals surface area contributed by atoms with E-state index in [2.05, 4.69) is 10.4 Å². The molecule has 0 spiro atoms. The van der Waals surface area contributed by atoms with Crippen LogP contribution in [0.5, 0.6) is 0 Å². The number of aromatic carboxylic acids is 1. The van der Waals surface area contributed by atoms with E-state index >= 15 is 0 Å². The molecule has 0 aliphatic heterocycles. The fraction of sp³-hybridized carbons (Fsp3) is 0.312. The molecule has 0 bridgehead atoms. The van der Waals surface area contributed by atoms with Crippen LogP contribution >= 0.6 is 0 Å². The number of likely N-dealkylation sites (N-methyl/N-ethyl adjacent to an activating group) is 1. The van der Waals surface area contributed by atoms with Crippen LogP contribution in [0, 0.1) is 6.92 Å². The van der Waals surface area contributed by atoms with Crippen LogP contribution in [0.25, 0.3) is 0 Å². The third-order valence-electron chi connectivity index (χ3n) is 3.54. The van der Waals surface area contributed by atoms with E-state index in [-0.39, 0.29) is 18.0 Å². The number of carboxylic acid groups (broad SMARTS) is 1. The molecule has 7 nitrogen and oxygen atoms in total. The number of aryl methyl sites for hydroxylation is 2. The number of aromatic nitrogens is 2. The predicted molar refractivity (Wildman–Crippen MR) is 86.3 cm³/mol. The summed E-state index contributed by atoms with van der Waals surface area (Å²) in [5.74, 6) is -1.33. The van der Waals surface area contributed by atoms with Crippen LogP contribution in [0.2, 0.25) is 0 Å². The highest BCUT2D eigenvalue weighted by molar-refractivity contribution is 6.01. The Balaban J connectivity index is 1.99. The molecule has 2 aromatic rings. The number of nitrogens with zero attached hydrogens (tertiary/aromatic N) is 3. The molecule has 0 fully saturated rings. The number of nitrogens with one attached hydrogen (secondary N) is 1. The highest BCUT2D eigenvalue weighted by Crippen LogP contribution is 2.15. The molecule has 1 aromatic carbocycles. The Labute approximate surface area is 134 Å². The van der Waals surface area contributed by atoms with Crippen LogP contribution < -0.4 is 5.32 Å². The normalized spacial score (nSPS) is 10.8. The van der Waals surface area contributed by atoms with Gasteiger partial charge in [0.15, 0.2) is 0 Å². The number of hydrogen-bond donors (Lipinski definition) is 2. The lowest BCUT2D eigenvalue weighted by molar-refractivity contribution is -0.117. The lowest BCUT2D eigenvalue weighted by Crippen LogP contribution is -2.31. The zero-order chi connectivity index (χ0) is 17.0. The van der Waals surface area contributed by atoms with Crippen molar-refractivity contribution in [1.29, 1.82) is 0 Å². The third kappa shape index (κ3) is 4.17. The Morgan fingerprint density at radius 3 is 2.65 bits per heavy atom. The molecule has 0 radical (unpaired) electrons. The number of amides is 1. The monoisotopic (exact) mass is 316 g/mol. The van der Waals surface area contributed by atoms with Gasteiger partial charge in [0.1, 0.15) is 0 Å². The van der Waals surface area contributed by atoms with E-state index in [9.17, 15) is 9.59 Å². The second-order valence-electron chi connectivity index (χ2n) is 5.47. The fourth-order valence-electron chi connectivity index (χ4n) is 2.32. The number of carbonyl (C=O) groups excluding carboxylic acids is 1. The molecule has 122 valence electrons. The zero-order valence-electron chi connectivity index (χ0n) is 13.4. The second kappa shape index (κ2) is 7.06. The number of carboxylic acids is 1. The van der Waals surface area contributed by atoms with E-state index in [1.807, 2.05) is 25.9 Å². The van der Waals surface area contributed by atoms with Gasteiger partial charge < -0.3 is 10.4 Å². The smallest absolute Gasteiger partial charge is 0.337 e. The minimum Gasteiger partial charge on any atom is -0.478 e. The molecule has 0 saturated carbocycles. The van der Waals surface area contributed by atoms with Crippen molar-refractivity contribution in [2.75, 3.05) is 18.9 Å². The lowest BCUT2D eigenvalue weighted by atomic mass is 10.2. The minimum atomic E-state index is -1.07. The Hall–Kier alpha value is -2.67. The number of anilines is 1. The molecule has 0 saturated heterocycles. The largest absolute Gasteiger partial charge is 0.478 e. The number of rotatable bonds is 6. The van der Waals surface area contributed by atoms with Crippen molar-refractivity contribution in [3.63, 3.8) is 0 Å². The molecule has 1 heterocycles. The SMILES string of the molecule is Cc1cnn(C)c1CN(C)CC(=O)Nc1ccccc1C(=O)O. The van der Waals surface area contributed by atoms with Crippen LogP contribution in [0.15, 0.2) is 30.5 Å². The summed E-state index contributed by atoms with van der Waals surface area (Å²) in [4.78, 5) is 25.1. The molecule has 0 aliphatic carbocycles. The van der Waals surface area contributed by atoms with E-state index in [1.165, 1.54) is 6.07 Å². The first-order chi connectivity index (χ1) is 10.9. The summed E-state index contributed by atoms with van der Waals surface area (Å²) in [6, 6.07) is 6.34. The second-order valence-corrected chi connectivity index (χ2v) is 5.47. The quantitative estimate of drug-likeness (QED) is 0.843. The molecule has 23 heavy (non-hydrogen) atoms. The molecule has 2 N–H and O–H groups in total. The topological polar surface area (TPSA) is 87.5 Å². The van der Waals surface area contributed by atoms with Crippen molar-refractivity contribution < 1.29 is 14.7 Å². The first-order valence-corrected chi connectivity index (χ1v) is 7.16. The Bertz CT molecular complexity index is 704. The summed E-state index contributed by atoms with van der Waals surface area (Å²) in [6.07, 6.45) is 1.78. The molecule has 0 aliphatic rings. The lowest BCUT2D eigenvalue weighted by Gasteiger charge is -2.17. The van der Waals surface area contributed by atoms with Gasteiger partial charge in [-0.15, -0.1) is 0 Å². The summed E-state index contributed by atoms with van der Waals surface area (Å²) in [5, 5.41) is 15.9. The van der Waals surface area contributed by atoms with Gasteiger partial charge in [0.05, 0.1) is 29.7 Å². The van der Waals surface area contributed by atoms with Gasteiger partial charge in [0.2, 0.25) is 5.91 Å².